The van der Waals surface area contributed by atoms with Crippen LogP contribution in [0.3, 0.4) is 0 Å². The molecule has 1 heterocycles. The first-order valence-electron chi connectivity index (χ1n) is 4.83. The summed E-state index contributed by atoms with van der Waals surface area (Å²) in [6, 6.07) is 10.6. The fourth-order valence-electron chi connectivity index (χ4n) is 1.35. The Morgan fingerprint density at radius 1 is 1.00 bits per heavy atom. The van der Waals surface area contributed by atoms with Crippen molar-refractivity contribution in [2.45, 2.75) is 4.90 Å². The topological polar surface area (TPSA) is 15.8 Å². The van der Waals surface area contributed by atoms with Gasteiger partial charge in [0.2, 0.25) is 0 Å². The minimum absolute atomic E-state index is 1.20. The maximum absolute atomic E-state index is 3.03. The predicted octanol–water partition coefficient (Wildman–Crippen LogP) is 3.91. The smallest absolute Gasteiger partial charge is 0.00781 e. The third-order valence-corrected chi connectivity index (χ3v) is 2.95. The van der Waals surface area contributed by atoms with Gasteiger partial charge in [-0.05, 0) is 35.6 Å². The van der Waals surface area contributed by atoms with Crippen molar-refractivity contribution in [1.29, 1.82) is 0 Å². The van der Waals surface area contributed by atoms with Crippen LogP contribution in [-0.4, -0.2) is 11.2 Å². The molecular formula is C13H13NS. The lowest BCUT2D eigenvalue weighted by atomic mass is 10.2. The molecule has 0 atom stereocenters. The van der Waals surface area contributed by atoms with Crippen LogP contribution in [0.15, 0.2) is 47.6 Å². The van der Waals surface area contributed by atoms with Crippen molar-refractivity contribution in [3.8, 4) is 0 Å². The molecule has 0 aliphatic heterocycles. The van der Waals surface area contributed by atoms with Crippen LogP contribution in [0.5, 0.6) is 0 Å². The summed E-state index contributed by atoms with van der Waals surface area (Å²) in [5.74, 6) is 0. The van der Waals surface area contributed by atoms with Gasteiger partial charge in [-0.3, -0.25) is 0 Å². The van der Waals surface area contributed by atoms with E-state index in [9.17, 15) is 0 Å². The second-order valence-electron chi connectivity index (χ2n) is 3.25. The summed E-state index contributed by atoms with van der Waals surface area (Å²) in [6.45, 7) is 0. The first-order chi connectivity index (χ1) is 7.38. The van der Waals surface area contributed by atoms with E-state index < -0.39 is 0 Å². The van der Waals surface area contributed by atoms with Crippen LogP contribution in [0.25, 0.3) is 12.2 Å². The van der Waals surface area contributed by atoms with Crippen LogP contribution in [-0.2, 0) is 0 Å². The average Bonchev–Trinajstić information content (AvgIpc) is 2.80. The van der Waals surface area contributed by atoms with Gasteiger partial charge in [0.25, 0.3) is 0 Å². The monoisotopic (exact) mass is 215 g/mol. The Hall–Kier alpha value is -1.41. The molecule has 0 fully saturated rings. The third-order valence-electron chi connectivity index (χ3n) is 2.21. The Labute approximate surface area is 94.2 Å². The number of H-pyrrole nitrogens is 1. The molecule has 0 unspecified atom stereocenters. The lowest BCUT2D eigenvalue weighted by Gasteiger charge is -1.96. The van der Waals surface area contributed by atoms with Gasteiger partial charge in [-0.25, -0.2) is 0 Å². The molecule has 1 nitrogen and oxygen atoms in total. The molecule has 0 aliphatic rings. The standard InChI is InChI=1S/C13H13NS/c1-15-13-6-4-11(5-7-13)2-3-12-8-9-14-10-12/h2-10,14H,1H3/b3-2+. The normalized spacial score (nSPS) is 11.0. The highest BCUT2D eigenvalue weighted by molar-refractivity contribution is 7.98. The lowest BCUT2D eigenvalue weighted by Crippen LogP contribution is -1.72. The van der Waals surface area contributed by atoms with Crippen LogP contribution >= 0.6 is 11.8 Å². The molecule has 2 heteroatoms. The van der Waals surface area contributed by atoms with Crippen LogP contribution in [0.1, 0.15) is 11.1 Å². The van der Waals surface area contributed by atoms with Gasteiger partial charge in [0.15, 0.2) is 0 Å². The fraction of sp³-hybridized carbons (Fsp3) is 0.0769. The first kappa shape index (κ1) is 10.1. The second kappa shape index (κ2) is 4.89. The zero-order chi connectivity index (χ0) is 10.5. The Morgan fingerprint density at radius 3 is 2.33 bits per heavy atom. The highest BCUT2D eigenvalue weighted by Crippen LogP contribution is 2.16. The van der Waals surface area contributed by atoms with Gasteiger partial charge < -0.3 is 4.98 Å². The number of hydrogen-bond acceptors (Lipinski definition) is 1. The summed E-state index contributed by atoms with van der Waals surface area (Å²) in [4.78, 5) is 4.33. The molecule has 0 saturated heterocycles. The third kappa shape index (κ3) is 2.77. The van der Waals surface area contributed by atoms with Crippen molar-refractivity contribution in [1.82, 2.24) is 4.98 Å². The highest BCUT2D eigenvalue weighted by Gasteiger charge is 1.90. The number of nitrogens with one attached hydrogen (secondary N) is 1. The van der Waals surface area contributed by atoms with Gasteiger partial charge >= 0.3 is 0 Å². The minimum Gasteiger partial charge on any atom is -0.367 e. The Morgan fingerprint density at radius 2 is 1.73 bits per heavy atom. The Kier molecular flexibility index (Phi) is 3.30. The van der Waals surface area contributed by atoms with E-state index in [1.54, 1.807) is 11.8 Å². The van der Waals surface area contributed by atoms with Crippen LogP contribution < -0.4 is 0 Å². The molecule has 15 heavy (non-hydrogen) atoms. The van der Waals surface area contributed by atoms with Crippen molar-refractivity contribution in [3.63, 3.8) is 0 Å². The second-order valence-corrected chi connectivity index (χ2v) is 4.13. The molecule has 2 aromatic rings. The van der Waals surface area contributed by atoms with E-state index in [0.717, 1.165) is 0 Å². The summed E-state index contributed by atoms with van der Waals surface area (Å²) >= 11 is 1.76. The van der Waals surface area contributed by atoms with E-state index in [1.165, 1.54) is 16.0 Å². The van der Waals surface area contributed by atoms with Gasteiger partial charge in [-0.2, -0.15) is 0 Å². The molecule has 0 radical (unpaired) electrons. The summed E-state index contributed by atoms with van der Waals surface area (Å²) in [6.07, 6.45) is 10.2. The van der Waals surface area contributed by atoms with Gasteiger partial charge in [0, 0.05) is 17.3 Å². The fourth-order valence-corrected chi connectivity index (χ4v) is 1.76. The van der Waals surface area contributed by atoms with E-state index in [4.69, 9.17) is 0 Å². The number of thioether (sulfide) groups is 1. The molecule has 0 amide bonds. The zero-order valence-corrected chi connectivity index (χ0v) is 9.42. The SMILES string of the molecule is CSc1ccc(/C=C/c2cc[nH]c2)cc1. The lowest BCUT2D eigenvalue weighted by molar-refractivity contribution is 1.41. The van der Waals surface area contributed by atoms with E-state index in [2.05, 4.69) is 47.7 Å². The number of aromatic nitrogens is 1. The molecule has 0 aliphatic carbocycles. The molecule has 0 spiro atoms. The van der Waals surface area contributed by atoms with E-state index in [1.807, 2.05) is 18.5 Å². The molecule has 1 aromatic carbocycles. The van der Waals surface area contributed by atoms with Crippen molar-refractivity contribution in [2.24, 2.45) is 0 Å². The van der Waals surface area contributed by atoms with Gasteiger partial charge in [-0.15, -0.1) is 11.8 Å². The summed E-state index contributed by atoms with van der Waals surface area (Å²) < 4.78 is 0. The highest BCUT2D eigenvalue weighted by atomic mass is 32.2. The summed E-state index contributed by atoms with van der Waals surface area (Å²) in [5.41, 5.74) is 2.43. The molecule has 1 aromatic heterocycles. The molecular weight excluding hydrogens is 202 g/mol. The van der Waals surface area contributed by atoms with Crippen molar-refractivity contribution >= 4 is 23.9 Å². The van der Waals surface area contributed by atoms with Gasteiger partial charge in [-0.1, -0.05) is 24.3 Å². The maximum atomic E-state index is 3.03. The molecule has 76 valence electrons. The van der Waals surface area contributed by atoms with E-state index in [0.29, 0.717) is 0 Å². The minimum atomic E-state index is 1.20. The number of rotatable bonds is 3. The van der Waals surface area contributed by atoms with Crippen molar-refractivity contribution in [2.75, 3.05) is 6.26 Å². The number of hydrogen-bond donors (Lipinski definition) is 1. The molecule has 1 N–H and O–H groups in total. The largest absolute Gasteiger partial charge is 0.367 e. The number of benzene rings is 1. The number of aromatic amines is 1. The average molecular weight is 215 g/mol. The molecule has 0 bridgehead atoms. The van der Waals surface area contributed by atoms with Crippen LogP contribution in [0, 0.1) is 0 Å². The zero-order valence-electron chi connectivity index (χ0n) is 8.60. The van der Waals surface area contributed by atoms with Gasteiger partial charge in [0.05, 0.1) is 0 Å². The molecule has 2 rings (SSSR count). The van der Waals surface area contributed by atoms with E-state index >= 15 is 0 Å². The van der Waals surface area contributed by atoms with Crippen molar-refractivity contribution < 1.29 is 0 Å². The maximum Gasteiger partial charge on any atom is 0.00781 e. The first-order valence-corrected chi connectivity index (χ1v) is 6.06. The Balaban J connectivity index is 2.11. The van der Waals surface area contributed by atoms with Crippen LogP contribution in [0.2, 0.25) is 0 Å². The molecule has 0 saturated carbocycles. The van der Waals surface area contributed by atoms with E-state index in [-0.39, 0.29) is 0 Å². The quantitative estimate of drug-likeness (QED) is 0.768. The predicted molar refractivity (Wildman–Crippen MR) is 67.9 cm³/mol. The summed E-state index contributed by atoms with van der Waals surface area (Å²) in [5, 5.41) is 0. The summed E-state index contributed by atoms with van der Waals surface area (Å²) in [7, 11) is 0. The van der Waals surface area contributed by atoms with Gasteiger partial charge in [0.1, 0.15) is 0 Å². The van der Waals surface area contributed by atoms with Crippen LogP contribution in [0.4, 0.5) is 0 Å². The Bertz CT molecular complexity index is 426. The van der Waals surface area contributed by atoms with Crippen molar-refractivity contribution in [3.05, 3.63) is 53.9 Å².